The van der Waals surface area contributed by atoms with Gasteiger partial charge in [0.2, 0.25) is 5.95 Å². The topological polar surface area (TPSA) is 103 Å². The normalized spacial score (nSPS) is 20.1. The molecule has 1 aliphatic carbocycles. The first-order valence-corrected chi connectivity index (χ1v) is 8.69. The predicted octanol–water partition coefficient (Wildman–Crippen LogP) is 1.53. The van der Waals surface area contributed by atoms with E-state index < -0.39 is 0 Å². The zero-order chi connectivity index (χ0) is 18.2. The number of carbonyl (C=O) groups excluding carboxylic acids is 1. The summed E-state index contributed by atoms with van der Waals surface area (Å²) in [7, 11) is 5.04. The molecule has 1 saturated carbocycles. The van der Waals surface area contributed by atoms with Crippen molar-refractivity contribution in [3.8, 4) is 0 Å². The SMILES string of the molecule is COCCN(C)c1ncc(N)c(NCC2CCC(C(=O)OC)CC2)n1. The average molecular weight is 351 g/mol. The number of esters is 1. The molecular weight excluding hydrogens is 322 g/mol. The molecule has 0 bridgehead atoms. The highest BCUT2D eigenvalue weighted by Gasteiger charge is 2.26. The number of rotatable bonds is 8. The zero-order valence-electron chi connectivity index (χ0n) is 15.3. The third-order valence-electron chi connectivity index (χ3n) is 4.72. The quantitative estimate of drug-likeness (QED) is 0.680. The molecule has 8 nitrogen and oxygen atoms in total. The molecule has 1 fully saturated rings. The van der Waals surface area contributed by atoms with Gasteiger partial charge in [-0.15, -0.1) is 0 Å². The van der Waals surface area contributed by atoms with Crippen molar-refractivity contribution >= 4 is 23.4 Å². The third-order valence-corrected chi connectivity index (χ3v) is 4.72. The van der Waals surface area contributed by atoms with Crippen molar-refractivity contribution in [2.75, 3.05) is 56.9 Å². The number of carbonyl (C=O) groups is 1. The van der Waals surface area contributed by atoms with Gasteiger partial charge in [-0.05, 0) is 31.6 Å². The van der Waals surface area contributed by atoms with Crippen molar-refractivity contribution < 1.29 is 14.3 Å². The van der Waals surface area contributed by atoms with E-state index in [1.54, 1.807) is 13.3 Å². The molecule has 1 heterocycles. The number of ether oxygens (including phenoxy) is 2. The Morgan fingerprint density at radius 2 is 2.08 bits per heavy atom. The summed E-state index contributed by atoms with van der Waals surface area (Å²) < 4.78 is 9.91. The van der Waals surface area contributed by atoms with Gasteiger partial charge in [0.05, 0.1) is 31.5 Å². The Morgan fingerprint density at radius 3 is 2.72 bits per heavy atom. The molecule has 1 aromatic rings. The molecule has 0 aliphatic heterocycles. The van der Waals surface area contributed by atoms with Crippen LogP contribution in [0.25, 0.3) is 0 Å². The zero-order valence-corrected chi connectivity index (χ0v) is 15.3. The standard InChI is InChI=1S/C17H29N5O3/c1-22(8-9-24-2)17-20-11-14(18)15(21-17)19-10-12-4-6-13(7-5-12)16(23)25-3/h11-13H,4-10,18H2,1-3H3,(H,19,20,21). The van der Waals surface area contributed by atoms with Crippen molar-refractivity contribution in [1.82, 2.24) is 9.97 Å². The number of anilines is 3. The number of likely N-dealkylation sites (N-methyl/N-ethyl adjacent to an activating group) is 1. The summed E-state index contributed by atoms with van der Waals surface area (Å²) in [5, 5.41) is 3.34. The van der Waals surface area contributed by atoms with Crippen LogP contribution in [0.4, 0.5) is 17.5 Å². The first-order chi connectivity index (χ1) is 12.0. The van der Waals surface area contributed by atoms with Gasteiger partial charge in [-0.25, -0.2) is 4.98 Å². The Bertz CT molecular complexity index is 561. The van der Waals surface area contributed by atoms with Crippen LogP contribution >= 0.6 is 0 Å². The Kier molecular flexibility index (Phi) is 7.24. The fourth-order valence-corrected chi connectivity index (χ4v) is 3.05. The van der Waals surface area contributed by atoms with Crippen LogP contribution in [0.5, 0.6) is 0 Å². The summed E-state index contributed by atoms with van der Waals surface area (Å²) in [5.74, 6) is 1.74. The van der Waals surface area contributed by atoms with Gasteiger partial charge in [0.25, 0.3) is 0 Å². The number of hydrogen-bond acceptors (Lipinski definition) is 8. The fourth-order valence-electron chi connectivity index (χ4n) is 3.05. The minimum absolute atomic E-state index is 0.0476. The Hall–Kier alpha value is -2.09. The van der Waals surface area contributed by atoms with Crippen LogP contribution < -0.4 is 16.0 Å². The summed E-state index contributed by atoms with van der Waals surface area (Å²) in [6.07, 6.45) is 5.38. The highest BCUT2D eigenvalue weighted by Crippen LogP contribution is 2.30. The molecule has 0 aromatic carbocycles. The van der Waals surface area contributed by atoms with E-state index >= 15 is 0 Å². The summed E-state index contributed by atoms with van der Waals surface area (Å²) in [4.78, 5) is 22.3. The van der Waals surface area contributed by atoms with E-state index in [4.69, 9.17) is 15.2 Å². The average Bonchev–Trinajstić information content (AvgIpc) is 2.65. The van der Waals surface area contributed by atoms with Crippen LogP contribution in [0.2, 0.25) is 0 Å². The minimum Gasteiger partial charge on any atom is -0.469 e. The summed E-state index contributed by atoms with van der Waals surface area (Å²) in [6.45, 7) is 2.10. The number of nitrogens with zero attached hydrogens (tertiary/aromatic N) is 3. The van der Waals surface area contributed by atoms with Crippen LogP contribution in [-0.4, -0.2) is 56.9 Å². The number of aromatic nitrogens is 2. The van der Waals surface area contributed by atoms with Crippen LogP contribution in [0, 0.1) is 11.8 Å². The molecule has 1 aliphatic rings. The van der Waals surface area contributed by atoms with Gasteiger partial charge < -0.3 is 25.4 Å². The number of methoxy groups -OCH3 is 2. The molecule has 25 heavy (non-hydrogen) atoms. The molecule has 8 heteroatoms. The Balaban J connectivity index is 1.87. The number of nitrogens with two attached hydrogens (primary N) is 1. The summed E-state index contributed by atoms with van der Waals surface area (Å²) >= 11 is 0. The van der Waals surface area contributed by atoms with Gasteiger partial charge in [-0.1, -0.05) is 0 Å². The highest BCUT2D eigenvalue weighted by molar-refractivity contribution is 5.72. The maximum Gasteiger partial charge on any atom is 0.308 e. The van der Waals surface area contributed by atoms with Crippen molar-refractivity contribution in [2.24, 2.45) is 11.8 Å². The Labute approximate surface area is 149 Å². The van der Waals surface area contributed by atoms with Gasteiger partial charge in [0.15, 0.2) is 5.82 Å². The molecule has 0 saturated heterocycles. The number of nitrogens with one attached hydrogen (secondary N) is 1. The van der Waals surface area contributed by atoms with Crippen LogP contribution in [0.15, 0.2) is 6.20 Å². The highest BCUT2D eigenvalue weighted by atomic mass is 16.5. The van der Waals surface area contributed by atoms with Crippen molar-refractivity contribution in [1.29, 1.82) is 0 Å². The number of nitrogen functional groups attached to an aromatic ring is 1. The number of hydrogen-bond donors (Lipinski definition) is 2. The maximum absolute atomic E-state index is 11.6. The molecule has 0 atom stereocenters. The monoisotopic (exact) mass is 351 g/mol. The second-order valence-electron chi connectivity index (χ2n) is 6.51. The van der Waals surface area contributed by atoms with Crippen LogP contribution in [-0.2, 0) is 14.3 Å². The van der Waals surface area contributed by atoms with Crippen LogP contribution in [0.3, 0.4) is 0 Å². The van der Waals surface area contributed by atoms with E-state index in [2.05, 4.69) is 15.3 Å². The van der Waals surface area contributed by atoms with Gasteiger partial charge in [-0.3, -0.25) is 4.79 Å². The Morgan fingerprint density at radius 1 is 1.36 bits per heavy atom. The van der Waals surface area contributed by atoms with Crippen LogP contribution in [0.1, 0.15) is 25.7 Å². The van der Waals surface area contributed by atoms with Crippen molar-refractivity contribution in [2.45, 2.75) is 25.7 Å². The van der Waals surface area contributed by atoms with Crippen molar-refractivity contribution in [3.63, 3.8) is 0 Å². The van der Waals surface area contributed by atoms with Gasteiger partial charge in [0, 0.05) is 27.2 Å². The van der Waals surface area contributed by atoms with E-state index in [0.29, 0.717) is 36.5 Å². The van der Waals surface area contributed by atoms with Gasteiger partial charge >= 0.3 is 5.97 Å². The smallest absolute Gasteiger partial charge is 0.308 e. The molecule has 3 N–H and O–H groups in total. The lowest BCUT2D eigenvalue weighted by molar-refractivity contribution is -0.146. The summed E-state index contributed by atoms with van der Waals surface area (Å²) in [5.41, 5.74) is 6.53. The van der Waals surface area contributed by atoms with Crippen molar-refractivity contribution in [3.05, 3.63) is 6.20 Å². The molecule has 2 rings (SSSR count). The predicted molar refractivity (Wildman–Crippen MR) is 97.5 cm³/mol. The second kappa shape index (κ2) is 9.41. The van der Waals surface area contributed by atoms with E-state index in [1.807, 2.05) is 11.9 Å². The molecule has 0 unspecified atom stereocenters. The molecule has 0 spiro atoms. The molecule has 1 aromatic heterocycles. The molecule has 0 radical (unpaired) electrons. The lowest BCUT2D eigenvalue weighted by atomic mass is 9.82. The van der Waals surface area contributed by atoms with Gasteiger partial charge in [0.1, 0.15) is 0 Å². The third kappa shape index (κ3) is 5.45. The first kappa shape index (κ1) is 19.2. The lowest BCUT2D eigenvalue weighted by Crippen LogP contribution is -2.27. The van der Waals surface area contributed by atoms with E-state index in [-0.39, 0.29) is 11.9 Å². The first-order valence-electron chi connectivity index (χ1n) is 8.69. The second-order valence-corrected chi connectivity index (χ2v) is 6.51. The largest absolute Gasteiger partial charge is 0.469 e. The molecular formula is C17H29N5O3. The summed E-state index contributed by atoms with van der Waals surface area (Å²) in [6, 6.07) is 0. The molecule has 140 valence electrons. The lowest BCUT2D eigenvalue weighted by Gasteiger charge is -2.27. The fraction of sp³-hybridized carbons (Fsp3) is 0.706. The van der Waals surface area contributed by atoms with E-state index in [0.717, 1.165) is 32.2 Å². The van der Waals surface area contributed by atoms with Gasteiger partial charge in [-0.2, -0.15) is 4.98 Å². The van der Waals surface area contributed by atoms with E-state index in [1.165, 1.54) is 7.11 Å². The minimum atomic E-state index is -0.0878. The maximum atomic E-state index is 11.6. The van der Waals surface area contributed by atoms with E-state index in [9.17, 15) is 4.79 Å². The molecule has 0 amide bonds.